The highest BCUT2D eigenvalue weighted by atomic mass is 35.5. The van der Waals surface area contributed by atoms with Crippen LogP contribution < -0.4 is 4.74 Å². The fourth-order valence-electron chi connectivity index (χ4n) is 2.03. The first-order valence-corrected chi connectivity index (χ1v) is 7.79. The lowest BCUT2D eigenvalue weighted by Crippen LogP contribution is -2.06. The molecule has 2 aromatic carbocycles. The molecule has 0 bridgehead atoms. The zero-order chi connectivity index (χ0) is 19.5. The van der Waals surface area contributed by atoms with E-state index in [1.54, 1.807) is 0 Å². The van der Waals surface area contributed by atoms with Crippen LogP contribution in [0.4, 0.5) is 18.9 Å². The number of hydrogen-bond acceptors (Lipinski definition) is 5. The summed E-state index contributed by atoms with van der Waals surface area (Å²) in [4.78, 5) is 10.2. The van der Waals surface area contributed by atoms with E-state index in [-0.39, 0.29) is 23.0 Å². The van der Waals surface area contributed by atoms with E-state index in [1.165, 1.54) is 25.3 Å². The lowest BCUT2D eigenvalue weighted by molar-refractivity contribution is -0.385. The SMILES string of the molecule is COC(=S)Cc1cc(Oc2ccc(C(F)(F)F)cc2[N+](=O)[O-])ccc1Cl. The Balaban J connectivity index is 2.37. The van der Waals surface area contributed by atoms with E-state index in [0.717, 1.165) is 6.07 Å². The number of nitrogens with zero attached hydrogens (tertiary/aromatic N) is 1. The molecule has 0 aliphatic heterocycles. The fourth-order valence-corrected chi connectivity index (χ4v) is 2.37. The van der Waals surface area contributed by atoms with Crippen LogP contribution in [-0.4, -0.2) is 17.1 Å². The van der Waals surface area contributed by atoms with E-state index >= 15 is 0 Å². The predicted molar refractivity (Wildman–Crippen MR) is 92.9 cm³/mol. The number of benzene rings is 2. The average molecular weight is 406 g/mol. The maximum Gasteiger partial charge on any atom is 0.416 e. The van der Waals surface area contributed by atoms with Crippen molar-refractivity contribution < 1.29 is 27.6 Å². The molecule has 0 aliphatic rings. The molecule has 138 valence electrons. The van der Waals surface area contributed by atoms with Crippen molar-refractivity contribution in [1.29, 1.82) is 0 Å². The first kappa shape index (κ1) is 19.9. The minimum atomic E-state index is -4.70. The summed E-state index contributed by atoms with van der Waals surface area (Å²) < 4.78 is 48.5. The summed E-state index contributed by atoms with van der Waals surface area (Å²) in [5.41, 5.74) is -1.40. The molecule has 2 rings (SSSR count). The number of nitro benzene ring substituents is 1. The van der Waals surface area contributed by atoms with Crippen LogP contribution in [0.1, 0.15) is 11.1 Å². The Morgan fingerprint density at radius 3 is 2.54 bits per heavy atom. The number of halogens is 4. The number of alkyl halides is 3. The molecule has 0 saturated carbocycles. The van der Waals surface area contributed by atoms with Gasteiger partial charge in [-0.05, 0) is 48.1 Å². The molecule has 0 atom stereocenters. The molecule has 0 amide bonds. The van der Waals surface area contributed by atoms with E-state index in [1.807, 2.05) is 0 Å². The van der Waals surface area contributed by atoms with Crippen molar-refractivity contribution in [2.75, 3.05) is 7.11 Å². The van der Waals surface area contributed by atoms with Gasteiger partial charge in [-0.15, -0.1) is 0 Å². The second-order valence-corrected chi connectivity index (χ2v) is 5.91. The average Bonchev–Trinajstić information content (AvgIpc) is 2.56. The van der Waals surface area contributed by atoms with E-state index in [2.05, 4.69) is 0 Å². The van der Waals surface area contributed by atoms with Gasteiger partial charge in [-0.25, -0.2) is 0 Å². The van der Waals surface area contributed by atoms with Crippen LogP contribution in [0.5, 0.6) is 11.5 Å². The zero-order valence-electron chi connectivity index (χ0n) is 13.2. The summed E-state index contributed by atoms with van der Waals surface area (Å²) >= 11 is 11.0. The number of rotatable bonds is 5. The molecule has 0 aromatic heterocycles. The molecule has 0 unspecified atom stereocenters. The molecule has 0 fully saturated rings. The van der Waals surface area contributed by atoms with Gasteiger partial charge in [0.1, 0.15) is 5.75 Å². The normalized spacial score (nSPS) is 11.1. The van der Waals surface area contributed by atoms with Crippen LogP contribution >= 0.6 is 23.8 Å². The molecule has 0 saturated heterocycles. The first-order chi connectivity index (χ1) is 12.1. The Hall–Kier alpha value is -2.39. The van der Waals surface area contributed by atoms with Gasteiger partial charge in [0.25, 0.3) is 0 Å². The molecule has 0 N–H and O–H groups in total. The maximum atomic E-state index is 12.7. The molecule has 26 heavy (non-hydrogen) atoms. The molecule has 5 nitrogen and oxygen atoms in total. The number of methoxy groups -OCH3 is 1. The van der Waals surface area contributed by atoms with Crippen LogP contribution in [-0.2, 0) is 17.3 Å². The highest BCUT2D eigenvalue weighted by Gasteiger charge is 2.33. The van der Waals surface area contributed by atoms with Crippen molar-refractivity contribution in [1.82, 2.24) is 0 Å². The van der Waals surface area contributed by atoms with Crippen molar-refractivity contribution in [3.05, 3.63) is 62.7 Å². The Morgan fingerprint density at radius 1 is 1.27 bits per heavy atom. The quantitative estimate of drug-likeness (QED) is 0.369. The highest BCUT2D eigenvalue weighted by molar-refractivity contribution is 7.80. The molecule has 0 spiro atoms. The van der Waals surface area contributed by atoms with Crippen LogP contribution in [0, 0.1) is 10.1 Å². The van der Waals surface area contributed by atoms with E-state index in [0.29, 0.717) is 22.7 Å². The molecule has 10 heteroatoms. The standard InChI is InChI=1S/C16H11ClF3NO4S/c1-24-15(26)7-9-6-11(3-4-12(9)17)25-14-5-2-10(16(18,19)20)8-13(14)21(22)23/h2-6,8H,7H2,1H3. The van der Waals surface area contributed by atoms with Crippen molar-refractivity contribution >= 4 is 34.6 Å². The Labute approximate surface area is 156 Å². The van der Waals surface area contributed by atoms with Crippen LogP contribution in [0.15, 0.2) is 36.4 Å². The van der Waals surface area contributed by atoms with Gasteiger partial charge in [-0.2, -0.15) is 13.2 Å². The molecule has 0 heterocycles. The third kappa shape index (κ3) is 4.83. The number of ether oxygens (including phenoxy) is 2. The monoisotopic (exact) mass is 405 g/mol. The largest absolute Gasteiger partial charge is 0.490 e. The highest BCUT2D eigenvalue weighted by Crippen LogP contribution is 2.38. The second kappa shape index (κ2) is 7.88. The predicted octanol–water partition coefficient (Wildman–Crippen LogP) is 5.58. The van der Waals surface area contributed by atoms with Gasteiger partial charge >= 0.3 is 11.9 Å². The Morgan fingerprint density at radius 2 is 1.96 bits per heavy atom. The van der Waals surface area contributed by atoms with Crippen LogP contribution in [0.3, 0.4) is 0 Å². The third-order valence-electron chi connectivity index (χ3n) is 3.29. The summed E-state index contributed by atoms with van der Waals surface area (Å²) in [6.07, 6.45) is -4.50. The molecular weight excluding hydrogens is 395 g/mol. The van der Waals surface area contributed by atoms with Crippen LogP contribution in [0.2, 0.25) is 5.02 Å². The lowest BCUT2D eigenvalue weighted by atomic mass is 10.1. The molecular formula is C16H11ClF3NO4S. The van der Waals surface area contributed by atoms with E-state index in [9.17, 15) is 23.3 Å². The molecule has 0 aliphatic carbocycles. The van der Waals surface area contributed by atoms with Crippen molar-refractivity contribution in [3.8, 4) is 11.5 Å². The minimum absolute atomic E-state index is 0.158. The van der Waals surface area contributed by atoms with E-state index in [4.69, 9.17) is 33.3 Å². The Bertz CT molecular complexity index is 858. The minimum Gasteiger partial charge on any atom is -0.490 e. The maximum absolute atomic E-state index is 12.7. The number of thiocarbonyl (C=S) groups is 1. The summed E-state index contributed by atoms with van der Waals surface area (Å²) in [5, 5.41) is 11.7. The van der Waals surface area contributed by atoms with Gasteiger partial charge in [-0.1, -0.05) is 11.6 Å². The summed E-state index contributed by atoms with van der Waals surface area (Å²) in [6.45, 7) is 0. The van der Waals surface area contributed by atoms with Gasteiger partial charge in [0.05, 0.1) is 17.6 Å². The topological polar surface area (TPSA) is 61.6 Å². The number of hydrogen-bond donors (Lipinski definition) is 0. The number of nitro groups is 1. The Kier molecular flexibility index (Phi) is 6.04. The molecule has 0 radical (unpaired) electrons. The van der Waals surface area contributed by atoms with Crippen molar-refractivity contribution in [3.63, 3.8) is 0 Å². The van der Waals surface area contributed by atoms with Crippen molar-refractivity contribution in [2.45, 2.75) is 12.6 Å². The van der Waals surface area contributed by atoms with Gasteiger partial charge < -0.3 is 9.47 Å². The third-order valence-corrected chi connectivity index (χ3v) is 3.97. The lowest BCUT2D eigenvalue weighted by Gasteiger charge is -2.11. The summed E-state index contributed by atoms with van der Waals surface area (Å²) in [6, 6.07) is 6.43. The second-order valence-electron chi connectivity index (χ2n) is 5.05. The van der Waals surface area contributed by atoms with Gasteiger partial charge in [0.15, 0.2) is 5.05 Å². The van der Waals surface area contributed by atoms with Gasteiger partial charge in [-0.3, -0.25) is 10.1 Å². The molecule has 2 aromatic rings. The summed E-state index contributed by atoms with van der Waals surface area (Å²) in [5.74, 6) is -0.170. The smallest absolute Gasteiger partial charge is 0.416 e. The fraction of sp³-hybridized carbons (Fsp3) is 0.188. The van der Waals surface area contributed by atoms with E-state index < -0.39 is 22.4 Å². The summed E-state index contributed by atoms with van der Waals surface area (Å²) in [7, 11) is 1.40. The van der Waals surface area contributed by atoms with Crippen LogP contribution in [0.25, 0.3) is 0 Å². The first-order valence-electron chi connectivity index (χ1n) is 7.00. The van der Waals surface area contributed by atoms with Gasteiger partial charge in [0.2, 0.25) is 5.75 Å². The van der Waals surface area contributed by atoms with Crippen molar-refractivity contribution in [2.24, 2.45) is 0 Å². The zero-order valence-corrected chi connectivity index (χ0v) is 14.7. The van der Waals surface area contributed by atoms with Gasteiger partial charge in [0, 0.05) is 17.5 Å².